The van der Waals surface area contributed by atoms with E-state index in [1.165, 1.54) is 5.56 Å². The first-order valence-corrected chi connectivity index (χ1v) is 8.09. The number of rotatable bonds is 4. The molecule has 0 aromatic heterocycles. The van der Waals surface area contributed by atoms with E-state index in [4.69, 9.17) is 19.9 Å². The Bertz CT molecular complexity index is 558. The molecule has 1 aromatic rings. The average Bonchev–Trinajstić information content (AvgIpc) is 2.61. The number of fused-ring (bicyclic) bond motifs is 1. The molecule has 2 heterocycles. The molecule has 1 atom stereocenters. The van der Waals surface area contributed by atoms with E-state index >= 15 is 0 Å². The van der Waals surface area contributed by atoms with E-state index in [0.717, 1.165) is 25.1 Å². The van der Waals surface area contributed by atoms with Crippen molar-refractivity contribution in [3.8, 4) is 0 Å². The summed E-state index contributed by atoms with van der Waals surface area (Å²) in [5, 5.41) is 0. The maximum Gasteiger partial charge on any atom is 0.191 e. The van der Waals surface area contributed by atoms with Gasteiger partial charge in [0.05, 0.1) is 33.0 Å². The highest BCUT2D eigenvalue weighted by atomic mass is 16.5. The third-order valence-corrected chi connectivity index (χ3v) is 4.47. The first-order valence-electron chi connectivity index (χ1n) is 8.09. The Morgan fingerprint density at radius 3 is 2.87 bits per heavy atom. The Hall–Kier alpha value is -1.63. The highest BCUT2D eigenvalue weighted by Crippen LogP contribution is 2.34. The van der Waals surface area contributed by atoms with Gasteiger partial charge in [-0.15, -0.1) is 0 Å². The second-order valence-corrected chi connectivity index (χ2v) is 5.96. The molecule has 6 heteroatoms. The van der Waals surface area contributed by atoms with E-state index in [0.29, 0.717) is 38.9 Å². The largest absolute Gasteiger partial charge is 0.381 e. The van der Waals surface area contributed by atoms with Crippen LogP contribution in [-0.4, -0.2) is 64.0 Å². The van der Waals surface area contributed by atoms with Crippen molar-refractivity contribution in [3.05, 3.63) is 35.4 Å². The van der Waals surface area contributed by atoms with E-state index < -0.39 is 5.60 Å². The summed E-state index contributed by atoms with van der Waals surface area (Å²) in [5.41, 5.74) is 8.07. The van der Waals surface area contributed by atoms with Crippen LogP contribution in [0.15, 0.2) is 29.3 Å². The maximum atomic E-state index is 6.16. The number of aliphatic imine (C=N–C) groups is 1. The first-order chi connectivity index (χ1) is 11.2. The second kappa shape index (κ2) is 7.29. The summed E-state index contributed by atoms with van der Waals surface area (Å²) in [6.07, 6.45) is 0.921. The highest BCUT2D eigenvalue weighted by molar-refractivity contribution is 5.78. The van der Waals surface area contributed by atoms with Crippen LogP contribution in [0.2, 0.25) is 0 Å². The monoisotopic (exact) mass is 319 g/mol. The number of benzene rings is 1. The third-order valence-electron chi connectivity index (χ3n) is 4.47. The lowest BCUT2D eigenvalue weighted by Crippen LogP contribution is -2.47. The Morgan fingerprint density at radius 1 is 1.30 bits per heavy atom. The summed E-state index contributed by atoms with van der Waals surface area (Å²) < 4.78 is 16.9. The lowest BCUT2D eigenvalue weighted by atomic mass is 9.86. The smallest absolute Gasteiger partial charge is 0.191 e. The Labute approximate surface area is 137 Å². The standard InChI is InChI=1S/C17H25N3O3/c1-21-13-17(12-19-16(18)20-7-10-22-11-8-20)15-5-3-2-4-14(15)6-9-23-17/h2-5H,6-13H2,1H3,(H2,18,19). The molecular formula is C17H25N3O3. The Balaban J connectivity index is 1.82. The predicted molar refractivity (Wildman–Crippen MR) is 88.5 cm³/mol. The molecule has 0 bridgehead atoms. The molecule has 1 saturated heterocycles. The van der Waals surface area contributed by atoms with Gasteiger partial charge in [-0.1, -0.05) is 24.3 Å². The zero-order chi connectivity index (χ0) is 16.1. The number of methoxy groups -OCH3 is 1. The number of nitrogens with two attached hydrogens (primary N) is 1. The molecule has 1 unspecified atom stereocenters. The predicted octanol–water partition coefficient (Wildman–Crippen LogP) is 0.748. The SMILES string of the molecule is COCC1(CN=C(N)N2CCOCC2)OCCc2ccccc21. The molecule has 0 amide bonds. The minimum absolute atomic E-state index is 0.459. The van der Waals surface area contributed by atoms with Crippen molar-refractivity contribution < 1.29 is 14.2 Å². The number of ether oxygens (including phenoxy) is 3. The van der Waals surface area contributed by atoms with Crippen molar-refractivity contribution in [2.45, 2.75) is 12.0 Å². The molecule has 23 heavy (non-hydrogen) atoms. The van der Waals surface area contributed by atoms with Crippen LogP contribution in [0.25, 0.3) is 0 Å². The molecule has 6 nitrogen and oxygen atoms in total. The van der Waals surface area contributed by atoms with Gasteiger partial charge in [0.25, 0.3) is 0 Å². The fourth-order valence-electron chi connectivity index (χ4n) is 3.25. The zero-order valence-corrected chi connectivity index (χ0v) is 13.7. The van der Waals surface area contributed by atoms with Gasteiger partial charge in [-0.2, -0.15) is 0 Å². The molecule has 2 aliphatic heterocycles. The summed E-state index contributed by atoms with van der Waals surface area (Å²) in [6, 6.07) is 8.35. The van der Waals surface area contributed by atoms with Crippen LogP contribution in [0.5, 0.6) is 0 Å². The highest BCUT2D eigenvalue weighted by Gasteiger charge is 2.38. The van der Waals surface area contributed by atoms with E-state index in [1.807, 2.05) is 6.07 Å². The number of nitrogens with zero attached hydrogens (tertiary/aromatic N) is 2. The number of hydrogen-bond acceptors (Lipinski definition) is 4. The maximum absolute atomic E-state index is 6.16. The van der Waals surface area contributed by atoms with Crippen molar-refractivity contribution in [2.75, 3.05) is 53.2 Å². The number of hydrogen-bond donors (Lipinski definition) is 1. The van der Waals surface area contributed by atoms with Crippen molar-refractivity contribution in [1.29, 1.82) is 0 Å². The van der Waals surface area contributed by atoms with Gasteiger partial charge in [-0.05, 0) is 17.5 Å². The summed E-state index contributed by atoms with van der Waals surface area (Å²) in [6.45, 7) is 4.55. The van der Waals surface area contributed by atoms with Crippen LogP contribution in [0.4, 0.5) is 0 Å². The molecule has 0 spiro atoms. The second-order valence-electron chi connectivity index (χ2n) is 5.96. The van der Waals surface area contributed by atoms with E-state index in [-0.39, 0.29) is 0 Å². The van der Waals surface area contributed by atoms with Gasteiger partial charge in [0.2, 0.25) is 0 Å². The normalized spacial score (nSPS) is 25.3. The minimum Gasteiger partial charge on any atom is -0.381 e. The van der Waals surface area contributed by atoms with Crippen molar-refractivity contribution in [3.63, 3.8) is 0 Å². The van der Waals surface area contributed by atoms with Crippen molar-refractivity contribution in [2.24, 2.45) is 10.7 Å². The van der Waals surface area contributed by atoms with E-state index in [2.05, 4.69) is 28.1 Å². The van der Waals surface area contributed by atoms with Crippen LogP contribution in [-0.2, 0) is 26.2 Å². The Kier molecular flexibility index (Phi) is 5.15. The van der Waals surface area contributed by atoms with Crippen LogP contribution < -0.4 is 5.73 Å². The Morgan fingerprint density at radius 2 is 2.09 bits per heavy atom. The van der Waals surface area contributed by atoms with Crippen molar-refractivity contribution >= 4 is 5.96 Å². The fourth-order valence-corrected chi connectivity index (χ4v) is 3.25. The fraction of sp³-hybridized carbons (Fsp3) is 0.588. The number of morpholine rings is 1. The summed E-state index contributed by atoms with van der Waals surface area (Å²) >= 11 is 0. The van der Waals surface area contributed by atoms with E-state index in [9.17, 15) is 0 Å². The quantitative estimate of drug-likeness (QED) is 0.655. The van der Waals surface area contributed by atoms with E-state index in [1.54, 1.807) is 7.11 Å². The van der Waals surface area contributed by atoms with Crippen LogP contribution in [0.1, 0.15) is 11.1 Å². The third kappa shape index (κ3) is 3.49. The van der Waals surface area contributed by atoms with Gasteiger partial charge in [0.15, 0.2) is 5.96 Å². The lowest BCUT2D eigenvalue weighted by molar-refractivity contribution is -0.0961. The molecule has 1 aromatic carbocycles. The van der Waals surface area contributed by atoms with Crippen molar-refractivity contribution in [1.82, 2.24) is 4.90 Å². The van der Waals surface area contributed by atoms with Gasteiger partial charge < -0.3 is 24.8 Å². The molecule has 2 aliphatic rings. The average molecular weight is 319 g/mol. The molecule has 0 radical (unpaired) electrons. The van der Waals surface area contributed by atoms with Crippen LogP contribution in [0, 0.1) is 0 Å². The number of guanidine groups is 1. The summed E-state index contributed by atoms with van der Waals surface area (Å²) in [5.74, 6) is 0.551. The van der Waals surface area contributed by atoms with Gasteiger partial charge in [-0.3, -0.25) is 0 Å². The topological polar surface area (TPSA) is 69.3 Å². The summed E-state index contributed by atoms with van der Waals surface area (Å²) in [7, 11) is 1.69. The molecular weight excluding hydrogens is 294 g/mol. The lowest BCUT2D eigenvalue weighted by Gasteiger charge is -2.38. The summed E-state index contributed by atoms with van der Waals surface area (Å²) in [4.78, 5) is 6.68. The van der Waals surface area contributed by atoms with Crippen LogP contribution in [0.3, 0.4) is 0 Å². The molecule has 2 N–H and O–H groups in total. The minimum atomic E-state index is -0.555. The molecule has 1 fully saturated rings. The van der Waals surface area contributed by atoms with Gasteiger partial charge in [0, 0.05) is 20.2 Å². The molecule has 3 rings (SSSR count). The first kappa shape index (κ1) is 16.2. The molecule has 0 saturated carbocycles. The van der Waals surface area contributed by atoms with Crippen LogP contribution >= 0.6 is 0 Å². The molecule has 126 valence electrons. The van der Waals surface area contributed by atoms with Gasteiger partial charge >= 0.3 is 0 Å². The van der Waals surface area contributed by atoms with Gasteiger partial charge in [0.1, 0.15) is 5.60 Å². The molecule has 0 aliphatic carbocycles. The zero-order valence-electron chi connectivity index (χ0n) is 13.7. The van der Waals surface area contributed by atoms with Gasteiger partial charge in [-0.25, -0.2) is 4.99 Å².